The Labute approximate surface area is 120 Å². The van der Waals surface area contributed by atoms with Crippen LogP contribution in [0.3, 0.4) is 0 Å². The summed E-state index contributed by atoms with van der Waals surface area (Å²) in [6, 6.07) is 9.22. The maximum absolute atomic E-state index is 5.80. The Morgan fingerprint density at radius 1 is 1.30 bits per heavy atom. The van der Waals surface area contributed by atoms with Crippen LogP contribution in [0, 0.1) is 12.8 Å². The minimum Gasteiger partial charge on any atom is -0.330 e. The Morgan fingerprint density at radius 3 is 2.60 bits per heavy atom. The first-order valence-electron chi connectivity index (χ1n) is 7.19. The molecule has 2 heterocycles. The summed E-state index contributed by atoms with van der Waals surface area (Å²) in [5, 5.41) is 4.34. The molecule has 3 rings (SSSR count). The zero-order chi connectivity index (χ0) is 14.1. The van der Waals surface area contributed by atoms with Crippen LogP contribution in [0.1, 0.15) is 23.6 Å². The molecular weight excluding hydrogens is 248 g/mol. The van der Waals surface area contributed by atoms with Crippen LogP contribution in [-0.2, 0) is 0 Å². The lowest BCUT2D eigenvalue weighted by atomic mass is 10.00. The van der Waals surface area contributed by atoms with Crippen LogP contribution < -0.4 is 5.73 Å². The van der Waals surface area contributed by atoms with Crippen molar-refractivity contribution in [1.29, 1.82) is 0 Å². The highest BCUT2D eigenvalue weighted by Crippen LogP contribution is 2.33. The molecule has 4 heteroatoms. The topological polar surface area (TPSA) is 47.1 Å². The number of benzene rings is 1. The van der Waals surface area contributed by atoms with Gasteiger partial charge in [0.2, 0.25) is 0 Å². The van der Waals surface area contributed by atoms with Gasteiger partial charge in [0.1, 0.15) is 0 Å². The second-order valence-corrected chi connectivity index (χ2v) is 5.85. The van der Waals surface area contributed by atoms with Crippen LogP contribution >= 0.6 is 0 Å². The van der Waals surface area contributed by atoms with Gasteiger partial charge in [-0.1, -0.05) is 12.1 Å². The number of hydrogen-bond donors (Lipinski definition) is 1. The molecule has 2 atom stereocenters. The van der Waals surface area contributed by atoms with E-state index in [1.54, 1.807) is 0 Å². The molecule has 0 bridgehead atoms. The third kappa shape index (κ3) is 2.49. The zero-order valence-corrected chi connectivity index (χ0v) is 12.2. The summed E-state index contributed by atoms with van der Waals surface area (Å²) in [5.41, 5.74) is 9.46. The lowest BCUT2D eigenvalue weighted by molar-refractivity contribution is 0.313. The van der Waals surface area contributed by atoms with Crippen LogP contribution in [0.25, 0.3) is 5.69 Å². The number of aromatic nitrogens is 2. The number of likely N-dealkylation sites (tertiary alicyclic amines) is 1. The summed E-state index contributed by atoms with van der Waals surface area (Å²) in [5.74, 6) is 0.624. The quantitative estimate of drug-likeness (QED) is 0.929. The van der Waals surface area contributed by atoms with Gasteiger partial charge < -0.3 is 5.73 Å². The average Bonchev–Trinajstić information content (AvgIpc) is 3.05. The molecule has 1 saturated heterocycles. The van der Waals surface area contributed by atoms with Gasteiger partial charge >= 0.3 is 0 Å². The molecule has 1 fully saturated rings. The van der Waals surface area contributed by atoms with E-state index in [0.717, 1.165) is 25.2 Å². The maximum Gasteiger partial charge on any atom is 0.0645 e. The number of aryl methyl sites for hydroxylation is 1. The van der Waals surface area contributed by atoms with Crippen molar-refractivity contribution >= 4 is 0 Å². The first kappa shape index (κ1) is 13.3. The van der Waals surface area contributed by atoms with E-state index in [0.29, 0.717) is 12.0 Å². The van der Waals surface area contributed by atoms with Crippen molar-refractivity contribution in [2.24, 2.45) is 11.7 Å². The summed E-state index contributed by atoms with van der Waals surface area (Å²) >= 11 is 0. The minimum absolute atomic E-state index is 0.497. The largest absolute Gasteiger partial charge is 0.330 e. The van der Waals surface area contributed by atoms with E-state index >= 15 is 0 Å². The molecule has 2 aromatic rings. The van der Waals surface area contributed by atoms with Gasteiger partial charge in [0.25, 0.3) is 0 Å². The lowest BCUT2D eigenvalue weighted by Gasteiger charge is -2.19. The molecule has 1 aromatic carbocycles. The monoisotopic (exact) mass is 270 g/mol. The van der Waals surface area contributed by atoms with Crippen LogP contribution in [0.4, 0.5) is 0 Å². The van der Waals surface area contributed by atoms with E-state index in [4.69, 9.17) is 5.73 Å². The molecule has 0 saturated carbocycles. The van der Waals surface area contributed by atoms with Crippen LogP contribution in [0.5, 0.6) is 0 Å². The standard InChI is InChI=1S/C16H22N4/c1-12-9-18-20(10-12)15-5-3-14(4-6-15)16-7-13(8-17)11-19(16)2/h3-6,9-10,13,16H,7-8,11,17H2,1-2H3. The molecule has 2 unspecified atom stereocenters. The molecule has 0 aliphatic carbocycles. The fraction of sp³-hybridized carbons (Fsp3) is 0.438. The van der Waals surface area contributed by atoms with Gasteiger partial charge in [0.15, 0.2) is 0 Å². The molecule has 106 valence electrons. The van der Waals surface area contributed by atoms with Crippen molar-refractivity contribution in [3.63, 3.8) is 0 Å². The predicted molar refractivity (Wildman–Crippen MR) is 80.8 cm³/mol. The Balaban J connectivity index is 1.79. The van der Waals surface area contributed by atoms with Gasteiger partial charge in [0, 0.05) is 18.8 Å². The smallest absolute Gasteiger partial charge is 0.0645 e. The fourth-order valence-electron chi connectivity index (χ4n) is 3.07. The van der Waals surface area contributed by atoms with E-state index in [1.807, 2.05) is 17.1 Å². The summed E-state index contributed by atoms with van der Waals surface area (Å²) in [6.07, 6.45) is 5.08. The summed E-state index contributed by atoms with van der Waals surface area (Å²) < 4.78 is 1.92. The van der Waals surface area contributed by atoms with Crippen molar-refractivity contribution in [1.82, 2.24) is 14.7 Å². The fourth-order valence-corrected chi connectivity index (χ4v) is 3.07. The first-order chi connectivity index (χ1) is 9.67. The second-order valence-electron chi connectivity index (χ2n) is 5.85. The van der Waals surface area contributed by atoms with Gasteiger partial charge in [-0.25, -0.2) is 4.68 Å². The summed E-state index contributed by atoms with van der Waals surface area (Å²) in [4.78, 5) is 2.41. The van der Waals surface area contributed by atoms with Crippen molar-refractivity contribution in [3.05, 3.63) is 47.8 Å². The Morgan fingerprint density at radius 2 is 2.05 bits per heavy atom. The van der Waals surface area contributed by atoms with Gasteiger partial charge in [-0.15, -0.1) is 0 Å². The van der Waals surface area contributed by atoms with Crippen molar-refractivity contribution in [2.45, 2.75) is 19.4 Å². The summed E-state index contributed by atoms with van der Waals surface area (Å²) in [6.45, 7) is 3.94. The maximum atomic E-state index is 5.80. The Bertz CT molecular complexity index is 572. The Hall–Kier alpha value is -1.65. The van der Waals surface area contributed by atoms with Gasteiger partial charge in [0.05, 0.1) is 11.9 Å². The molecule has 2 N–H and O–H groups in total. The molecule has 4 nitrogen and oxygen atoms in total. The normalized spacial score (nSPS) is 23.4. The zero-order valence-electron chi connectivity index (χ0n) is 12.2. The third-order valence-electron chi connectivity index (χ3n) is 4.22. The summed E-state index contributed by atoms with van der Waals surface area (Å²) in [7, 11) is 2.19. The highest BCUT2D eigenvalue weighted by molar-refractivity contribution is 5.35. The minimum atomic E-state index is 0.497. The van der Waals surface area contributed by atoms with E-state index < -0.39 is 0 Å². The van der Waals surface area contributed by atoms with Crippen LogP contribution in [-0.4, -0.2) is 34.8 Å². The number of hydrogen-bond acceptors (Lipinski definition) is 3. The van der Waals surface area contributed by atoms with E-state index in [2.05, 4.69) is 48.2 Å². The molecular formula is C16H22N4. The lowest BCUT2D eigenvalue weighted by Crippen LogP contribution is -2.20. The highest BCUT2D eigenvalue weighted by Gasteiger charge is 2.29. The molecule has 1 aliphatic rings. The second kappa shape index (κ2) is 5.38. The predicted octanol–water partition coefficient (Wildman–Crippen LogP) is 2.13. The molecule has 20 heavy (non-hydrogen) atoms. The Kier molecular flexibility index (Phi) is 3.59. The highest BCUT2D eigenvalue weighted by atomic mass is 15.3. The van der Waals surface area contributed by atoms with E-state index in [1.165, 1.54) is 11.1 Å². The van der Waals surface area contributed by atoms with Crippen molar-refractivity contribution in [2.75, 3.05) is 20.1 Å². The van der Waals surface area contributed by atoms with Gasteiger partial charge in [-0.3, -0.25) is 4.90 Å². The first-order valence-corrected chi connectivity index (χ1v) is 7.19. The van der Waals surface area contributed by atoms with Crippen molar-refractivity contribution < 1.29 is 0 Å². The van der Waals surface area contributed by atoms with Gasteiger partial charge in [-0.2, -0.15) is 5.10 Å². The molecule has 0 amide bonds. The molecule has 0 radical (unpaired) electrons. The number of nitrogens with two attached hydrogens (primary N) is 1. The number of rotatable bonds is 3. The average molecular weight is 270 g/mol. The molecule has 1 aromatic heterocycles. The van der Waals surface area contributed by atoms with Crippen molar-refractivity contribution in [3.8, 4) is 5.69 Å². The number of nitrogens with zero attached hydrogens (tertiary/aromatic N) is 3. The third-order valence-corrected chi connectivity index (χ3v) is 4.22. The molecule has 1 aliphatic heterocycles. The SMILES string of the molecule is Cc1cnn(-c2ccc(C3CC(CN)CN3C)cc2)c1. The van der Waals surface area contributed by atoms with Crippen LogP contribution in [0.15, 0.2) is 36.7 Å². The van der Waals surface area contributed by atoms with Crippen LogP contribution in [0.2, 0.25) is 0 Å². The molecule has 0 spiro atoms. The van der Waals surface area contributed by atoms with Gasteiger partial charge in [-0.05, 0) is 56.1 Å². The van der Waals surface area contributed by atoms with E-state index in [9.17, 15) is 0 Å². The van der Waals surface area contributed by atoms with E-state index in [-0.39, 0.29) is 0 Å².